The van der Waals surface area contributed by atoms with Crippen LogP contribution in [-0.2, 0) is 9.53 Å². The third-order valence-electron chi connectivity index (χ3n) is 3.92. The molecular formula is C16H33NO2. The van der Waals surface area contributed by atoms with Crippen LogP contribution in [0.3, 0.4) is 0 Å². The lowest BCUT2D eigenvalue weighted by Crippen LogP contribution is -2.39. The monoisotopic (exact) mass is 271 g/mol. The molecule has 0 radical (unpaired) electrons. The minimum atomic E-state index is -0.147. The van der Waals surface area contributed by atoms with Crippen LogP contribution in [0.15, 0.2) is 0 Å². The molecule has 114 valence electrons. The number of Topliss-reactive ketones (excluding diaryl/α,β-unsaturated/α-hetero) is 1. The van der Waals surface area contributed by atoms with Crippen LogP contribution in [0.1, 0.15) is 73.1 Å². The molecule has 1 N–H and O–H groups in total. The van der Waals surface area contributed by atoms with Crippen molar-refractivity contribution in [1.29, 1.82) is 0 Å². The van der Waals surface area contributed by atoms with Crippen LogP contribution in [-0.4, -0.2) is 30.6 Å². The number of hydrogen-bond donors (Lipinski definition) is 1. The van der Waals surface area contributed by atoms with Crippen molar-refractivity contribution in [3.8, 4) is 0 Å². The average molecular weight is 271 g/mol. The van der Waals surface area contributed by atoms with Gasteiger partial charge in [0.15, 0.2) is 0 Å². The summed E-state index contributed by atoms with van der Waals surface area (Å²) in [5, 5.41) is 3.29. The van der Waals surface area contributed by atoms with Gasteiger partial charge < -0.3 is 14.8 Å². The molecule has 1 unspecified atom stereocenters. The van der Waals surface area contributed by atoms with Crippen molar-refractivity contribution in [3.05, 3.63) is 0 Å². The summed E-state index contributed by atoms with van der Waals surface area (Å²) in [4.78, 5) is 11.2. The minimum absolute atomic E-state index is 0.103. The molecule has 0 bridgehead atoms. The normalized spacial score (nSPS) is 15.3. The molecule has 0 heterocycles. The van der Waals surface area contributed by atoms with Crippen molar-refractivity contribution >= 4 is 5.78 Å². The van der Waals surface area contributed by atoms with Crippen LogP contribution in [0.5, 0.6) is 0 Å². The second kappa shape index (κ2) is 8.70. The summed E-state index contributed by atoms with van der Waals surface area (Å²) in [6.07, 6.45) is 5.80. The highest BCUT2D eigenvalue weighted by molar-refractivity contribution is 5.75. The second-order valence-corrected chi connectivity index (χ2v) is 6.49. The van der Waals surface area contributed by atoms with Crippen LogP contribution < -0.4 is 5.32 Å². The zero-order valence-corrected chi connectivity index (χ0v) is 13.8. The van der Waals surface area contributed by atoms with Gasteiger partial charge in [0, 0.05) is 18.6 Å². The summed E-state index contributed by atoms with van der Waals surface area (Å²) in [7, 11) is 1.98. The number of ether oxygens (including phenoxy) is 1. The third-order valence-corrected chi connectivity index (χ3v) is 3.92. The Morgan fingerprint density at radius 3 is 2.26 bits per heavy atom. The molecule has 1 atom stereocenters. The number of unbranched alkanes of at least 4 members (excludes halogenated alkanes) is 1. The summed E-state index contributed by atoms with van der Waals surface area (Å²) in [6.45, 7) is 11.1. The first-order chi connectivity index (χ1) is 8.74. The topological polar surface area (TPSA) is 38.3 Å². The number of carbonyl (C=O) groups excluding carboxylic acids is 1. The molecule has 0 spiro atoms. The van der Waals surface area contributed by atoms with E-state index in [-0.39, 0.29) is 16.9 Å². The summed E-state index contributed by atoms with van der Waals surface area (Å²) in [5.41, 5.74) is -0.0439. The van der Waals surface area contributed by atoms with Crippen LogP contribution in [0.25, 0.3) is 0 Å². The summed E-state index contributed by atoms with van der Waals surface area (Å²) in [5.74, 6) is 0.252. The maximum Gasteiger partial charge on any atom is 0.129 e. The summed E-state index contributed by atoms with van der Waals surface area (Å²) in [6, 6.07) is 0. The summed E-state index contributed by atoms with van der Waals surface area (Å²) >= 11 is 0. The molecule has 0 saturated carbocycles. The number of hydrogen-bond acceptors (Lipinski definition) is 3. The molecule has 0 aliphatic carbocycles. The number of carbonyl (C=O) groups is 1. The zero-order chi connectivity index (χ0) is 14.9. The maximum absolute atomic E-state index is 11.2. The smallest absolute Gasteiger partial charge is 0.129 e. The Morgan fingerprint density at radius 1 is 1.16 bits per heavy atom. The van der Waals surface area contributed by atoms with E-state index in [1.54, 1.807) is 6.92 Å². The first-order valence-electron chi connectivity index (χ1n) is 7.57. The molecular weight excluding hydrogens is 238 g/mol. The molecule has 0 rings (SSSR count). The predicted octanol–water partition coefficient (Wildman–Crippen LogP) is 3.71. The van der Waals surface area contributed by atoms with Gasteiger partial charge >= 0.3 is 0 Å². The first-order valence-corrected chi connectivity index (χ1v) is 7.57. The van der Waals surface area contributed by atoms with Gasteiger partial charge in [-0.15, -0.1) is 0 Å². The van der Waals surface area contributed by atoms with Crippen molar-refractivity contribution in [2.75, 3.05) is 13.7 Å². The molecule has 0 amide bonds. The Bertz CT molecular complexity index is 263. The zero-order valence-electron chi connectivity index (χ0n) is 13.8. The third kappa shape index (κ3) is 9.17. The SMILES string of the molecule is CCCCC(C)(CCC(C)=O)OCCC(C)(C)NC. The van der Waals surface area contributed by atoms with Gasteiger partial charge in [0.05, 0.1) is 5.60 Å². The lowest BCUT2D eigenvalue weighted by atomic mass is 9.92. The molecule has 19 heavy (non-hydrogen) atoms. The van der Waals surface area contributed by atoms with Crippen molar-refractivity contribution in [3.63, 3.8) is 0 Å². The fourth-order valence-electron chi connectivity index (χ4n) is 1.94. The highest BCUT2D eigenvalue weighted by Gasteiger charge is 2.26. The summed E-state index contributed by atoms with van der Waals surface area (Å²) < 4.78 is 6.13. The van der Waals surface area contributed by atoms with Gasteiger partial charge in [-0.1, -0.05) is 19.8 Å². The quantitative estimate of drug-likeness (QED) is 0.622. The van der Waals surface area contributed by atoms with E-state index in [4.69, 9.17) is 4.74 Å². The van der Waals surface area contributed by atoms with E-state index in [0.717, 1.165) is 32.3 Å². The highest BCUT2D eigenvalue weighted by atomic mass is 16.5. The largest absolute Gasteiger partial charge is 0.375 e. The predicted molar refractivity (Wildman–Crippen MR) is 81.6 cm³/mol. The molecule has 0 saturated heterocycles. The minimum Gasteiger partial charge on any atom is -0.375 e. The Labute approximate surface area is 119 Å². The van der Waals surface area contributed by atoms with Crippen molar-refractivity contribution < 1.29 is 9.53 Å². The highest BCUT2D eigenvalue weighted by Crippen LogP contribution is 2.26. The Balaban J connectivity index is 4.28. The molecule has 0 aromatic rings. The molecule has 0 aromatic carbocycles. The van der Waals surface area contributed by atoms with Crippen LogP contribution in [0.2, 0.25) is 0 Å². The van der Waals surface area contributed by atoms with Gasteiger partial charge in [-0.2, -0.15) is 0 Å². The van der Waals surface area contributed by atoms with E-state index in [2.05, 4.69) is 33.0 Å². The van der Waals surface area contributed by atoms with Gasteiger partial charge in [0.1, 0.15) is 5.78 Å². The molecule has 3 nitrogen and oxygen atoms in total. The fraction of sp³-hybridized carbons (Fsp3) is 0.938. The van der Waals surface area contributed by atoms with E-state index in [9.17, 15) is 4.79 Å². The van der Waals surface area contributed by atoms with Gasteiger partial charge in [-0.05, 0) is 54.0 Å². The second-order valence-electron chi connectivity index (χ2n) is 6.49. The fourth-order valence-corrected chi connectivity index (χ4v) is 1.94. The maximum atomic E-state index is 11.2. The Morgan fingerprint density at radius 2 is 1.79 bits per heavy atom. The van der Waals surface area contributed by atoms with E-state index >= 15 is 0 Å². The van der Waals surface area contributed by atoms with Crippen LogP contribution in [0, 0.1) is 0 Å². The van der Waals surface area contributed by atoms with Gasteiger partial charge in [0.25, 0.3) is 0 Å². The van der Waals surface area contributed by atoms with E-state index in [1.165, 1.54) is 6.42 Å². The lowest BCUT2D eigenvalue weighted by Gasteiger charge is -2.32. The van der Waals surface area contributed by atoms with Crippen molar-refractivity contribution in [2.24, 2.45) is 0 Å². The molecule has 0 aliphatic rings. The van der Waals surface area contributed by atoms with E-state index in [0.29, 0.717) is 6.42 Å². The van der Waals surface area contributed by atoms with Crippen LogP contribution >= 0.6 is 0 Å². The van der Waals surface area contributed by atoms with Crippen molar-refractivity contribution in [1.82, 2.24) is 5.32 Å². The van der Waals surface area contributed by atoms with Gasteiger partial charge in [0.2, 0.25) is 0 Å². The lowest BCUT2D eigenvalue weighted by molar-refractivity contribution is -0.119. The number of rotatable bonds is 11. The number of ketones is 1. The van der Waals surface area contributed by atoms with E-state index < -0.39 is 0 Å². The number of nitrogens with one attached hydrogen (secondary N) is 1. The molecule has 0 aliphatic heterocycles. The molecule has 3 heteroatoms. The standard InChI is InChI=1S/C16H33NO2/c1-7-8-10-16(5,11-9-14(2)18)19-13-12-15(3,4)17-6/h17H,7-13H2,1-6H3. The Hall–Kier alpha value is -0.410. The molecule has 0 aromatic heterocycles. The Kier molecular flexibility index (Phi) is 8.51. The van der Waals surface area contributed by atoms with Crippen molar-refractivity contribution in [2.45, 2.75) is 84.3 Å². The van der Waals surface area contributed by atoms with Gasteiger partial charge in [-0.25, -0.2) is 0 Å². The first kappa shape index (κ1) is 18.6. The van der Waals surface area contributed by atoms with Crippen LogP contribution in [0.4, 0.5) is 0 Å². The van der Waals surface area contributed by atoms with Gasteiger partial charge in [-0.3, -0.25) is 0 Å². The average Bonchev–Trinajstić information content (AvgIpc) is 2.34. The van der Waals surface area contributed by atoms with E-state index in [1.807, 2.05) is 7.05 Å². The molecule has 0 fully saturated rings.